The van der Waals surface area contributed by atoms with Crippen molar-refractivity contribution in [2.75, 3.05) is 25.2 Å². The van der Waals surface area contributed by atoms with Gasteiger partial charge >= 0.3 is 0 Å². The van der Waals surface area contributed by atoms with Crippen molar-refractivity contribution in [1.29, 1.82) is 0 Å². The summed E-state index contributed by atoms with van der Waals surface area (Å²) in [5.74, 6) is 0.633. The first kappa shape index (κ1) is 11.1. The second kappa shape index (κ2) is 6.76. The van der Waals surface area contributed by atoms with Crippen LogP contribution in [0.3, 0.4) is 0 Å². The predicted octanol–water partition coefficient (Wildman–Crippen LogP) is -0.275. The van der Waals surface area contributed by atoms with E-state index in [1.807, 2.05) is 6.92 Å². The largest absolute Gasteiger partial charge is 0.396 e. The van der Waals surface area contributed by atoms with Gasteiger partial charge in [-0.05, 0) is 13.0 Å². The Labute approximate surface area is 70.6 Å². The zero-order valence-electron chi connectivity index (χ0n) is 7.17. The van der Waals surface area contributed by atoms with Crippen LogP contribution >= 0.6 is 0 Å². The summed E-state index contributed by atoms with van der Waals surface area (Å²) in [7, 11) is -0.772. The molecular formula is C7H17NO2S. The molecule has 0 amide bonds. The van der Waals surface area contributed by atoms with Gasteiger partial charge in [0.15, 0.2) is 0 Å². The van der Waals surface area contributed by atoms with E-state index in [0.717, 1.165) is 6.54 Å². The number of rotatable bonds is 6. The van der Waals surface area contributed by atoms with E-state index in [1.165, 1.54) is 0 Å². The Kier molecular flexibility index (Phi) is 6.80. The minimum atomic E-state index is -0.772. The van der Waals surface area contributed by atoms with Crippen molar-refractivity contribution in [2.24, 2.45) is 0 Å². The molecule has 3 nitrogen and oxygen atoms in total. The number of aliphatic hydroxyl groups is 1. The summed E-state index contributed by atoms with van der Waals surface area (Å²) in [4.78, 5) is 0. The van der Waals surface area contributed by atoms with Crippen LogP contribution in [0, 0.1) is 0 Å². The molecule has 0 aliphatic carbocycles. The van der Waals surface area contributed by atoms with Crippen molar-refractivity contribution in [1.82, 2.24) is 5.32 Å². The van der Waals surface area contributed by atoms with Crippen molar-refractivity contribution in [2.45, 2.75) is 19.4 Å². The highest BCUT2D eigenvalue weighted by Gasteiger charge is 2.07. The molecule has 0 spiro atoms. The van der Waals surface area contributed by atoms with Crippen LogP contribution in [0.15, 0.2) is 0 Å². The van der Waals surface area contributed by atoms with Crippen molar-refractivity contribution < 1.29 is 9.32 Å². The van der Waals surface area contributed by atoms with Crippen molar-refractivity contribution in [3.63, 3.8) is 0 Å². The van der Waals surface area contributed by atoms with E-state index in [9.17, 15) is 4.21 Å². The monoisotopic (exact) mass is 179 g/mol. The Hall–Kier alpha value is 0.0700. The Bertz CT molecular complexity index is 113. The van der Waals surface area contributed by atoms with E-state index >= 15 is 0 Å². The summed E-state index contributed by atoms with van der Waals surface area (Å²) in [6, 6.07) is 0.204. The molecule has 2 N–H and O–H groups in total. The average Bonchev–Trinajstić information content (AvgIpc) is 1.87. The summed E-state index contributed by atoms with van der Waals surface area (Å²) < 4.78 is 10.8. The van der Waals surface area contributed by atoms with Gasteiger partial charge in [-0.15, -0.1) is 0 Å². The quantitative estimate of drug-likeness (QED) is 0.590. The molecule has 0 aliphatic rings. The second-order valence-corrected chi connectivity index (χ2v) is 3.99. The first-order chi connectivity index (χ1) is 5.20. The summed E-state index contributed by atoms with van der Waals surface area (Å²) in [6.07, 6.45) is 2.37. The van der Waals surface area contributed by atoms with E-state index in [1.54, 1.807) is 6.26 Å². The van der Waals surface area contributed by atoms with Gasteiger partial charge in [-0.1, -0.05) is 6.92 Å². The Morgan fingerprint density at radius 1 is 1.64 bits per heavy atom. The smallest absolute Gasteiger partial charge is 0.0446 e. The van der Waals surface area contributed by atoms with Gasteiger partial charge in [0, 0.05) is 35.5 Å². The molecule has 2 atom stereocenters. The molecule has 0 saturated heterocycles. The number of nitrogens with one attached hydrogen (secondary N) is 1. The lowest BCUT2D eigenvalue weighted by molar-refractivity contribution is 0.271. The normalized spacial score (nSPS) is 16.3. The molecule has 68 valence electrons. The molecule has 11 heavy (non-hydrogen) atoms. The summed E-state index contributed by atoms with van der Waals surface area (Å²) in [5, 5.41) is 11.8. The van der Waals surface area contributed by atoms with Gasteiger partial charge in [0.1, 0.15) is 0 Å². The average molecular weight is 179 g/mol. The molecule has 0 aromatic carbocycles. The Balaban J connectivity index is 3.59. The fraction of sp³-hybridized carbons (Fsp3) is 1.00. The third-order valence-electron chi connectivity index (χ3n) is 1.41. The zero-order valence-corrected chi connectivity index (χ0v) is 7.99. The van der Waals surface area contributed by atoms with E-state index < -0.39 is 10.8 Å². The molecule has 0 saturated carbocycles. The maximum Gasteiger partial charge on any atom is 0.0446 e. The minimum absolute atomic E-state index is 0.162. The molecule has 0 fully saturated rings. The first-order valence-corrected chi connectivity index (χ1v) is 5.57. The van der Waals surface area contributed by atoms with Gasteiger partial charge in [-0.2, -0.15) is 0 Å². The van der Waals surface area contributed by atoms with E-state index in [2.05, 4.69) is 5.32 Å². The van der Waals surface area contributed by atoms with Crippen LogP contribution in [-0.4, -0.2) is 40.5 Å². The van der Waals surface area contributed by atoms with Gasteiger partial charge in [-0.3, -0.25) is 4.21 Å². The SMILES string of the molecule is CCNC(CCO)CS(C)=O. The fourth-order valence-electron chi connectivity index (χ4n) is 0.972. The van der Waals surface area contributed by atoms with Crippen LogP contribution in [0.4, 0.5) is 0 Å². The van der Waals surface area contributed by atoms with E-state index in [4.69, 9.17) is 5.11 Å². The van der Waals surface area contributed by atoms with Crippen LogP contribution in [-0.2, 0) is 10.8 Å². The van der Waals surface area contributed by atoms with Crippen LogP contribution in [0.25, 0.3) is 0 Å². The number of aliphatic hydroxyl groups excluding tert-OH is 1. The fourth-order valence-corrected chi connectivity index (χ4v) is 1.82. The maximum atomic E-state index is 10.8. The van der Waals surface area contributed by atoms with Gasteiger partial charge < -0.3 is 10.4 Å². The lowest BCUT2D eigenvalue weighted by Gasteiger charge is -2.14. The van der Waals surface area contributed by atoms with Crippen molar-refractivity contribution >= 4 is 10.8 Å². The van der Waals surface area contributed by atoms with E-state index in [-0.39, 0.29) is 12.6 Å². The van der Waals surface area contributed by atoms with Gasteiger partial charge in [0.2, 0.25) is 0 Å². The van der Waals surface area contributed by atoms with E-state index in [0.29, 0.717) is 12.2 Å². The lowest BCUT2D eigenvalue weighted by Crippen LogP contribution is -2.34. The maximum absolute atomic E-state index is 10.8. The van der Waals surface area contributed by atoms with Crippen molar-refractivity contribution in [3.05, 3.63) is 0 Å². The highest BCUT2D eigenvalue weighted by molar-refractivity contribution is 7.84. The summed E-state index contributed by atoms with van der Waals surface area (Å²) in [6.45, 7) is 3.03. The Morgan fingerprint density at radius 2 is 2.27 bits per heavy atom. The second-order valence-electron chi connectivity index (χ2n) is 2.51. The lowest BCUT2D eigenvalue weighted by atomic mass is 10.2. The first-order valence-electron chi connectivity index (χ1n) is 3.85. The molecular weight excluding hydrogens is 162 g/mol. The highest BCUT2D eigenvalue weighted by Crippen LogP contribution is 1.92. The van der Waals surface area contributed by atoms with Gasteiger partial charge in [0.05, 0.1) is 0 Å². The van der Waals surface area contributed by atoms with Crippen LogP contribution < -0.4 is 5.32 Å². The van der Waals surface area contributed by atoms with Crippen LogP contribution in [0.2, 0.25) is 0 Å². The van der Waals surface area contributed by atoms with Crippen LogP contribution in [0.1, 0.15) is 13.3 Å². The standard InChI is InChI=1S/C7H17NO2S/c1-3-8-7(4-5-9)6-11(2)10/h7-9H,3-6H2,1-2H3. The topological polar surface area (TPSA) is 49.3 Å². The van der Waals surface area contributed by atoms with Crippen molar-refractivity contribution in [3.8, 4) is 0 Å². The number of hydrogen-bond acceptors (Lipinski definition) is 3. The summed E-state index contributed by atoms with van der Waals surface area (Å²) >= 11 is 0. The van der Waals surface area contributed by atoms with Gasteiger partial charge in [-0.25, -0.2) is 0 Å². The molecule has 0 rings (SSSR count). The third kappa shape index (κ3) is 6.47. The zero-order chi connectivity index (χ0) is 8.69. The predicted molar refractivity (Wildman–Crippen MR) is 48.1 cm³/mol. The highest BCUT2D eigenvalue weighted by atomic mass is 32.2. The molecule has 0 aliphatic heterocycles. The molecule has 0 radical (unpaired) electrons. The molecule has 0 bridgehead atoms. The molecule has 4 heteroatoms. The number of hydrogen-bond donors (Lipinski definition) is 2. The molecule has 2 unspecified atom stereocenters. The Morgan fingerprint density at radius 3 is 2.64 bits per heavy atom. The third-order valence-corrected chi connectivity index (χ3v) is 2.28. The molecule has 0 aromatic heterocycles. The summed E-state index contributed by atoms with van der Waals surface area (Å²) in [5.41, 5.74) is 0. The molecule has 0 heterocycles. The molecule has 0 aromatic rings. The van der Waals surface area contributed by atoms with Gasteiger partial charge in [0.25, 0.3) is 0 Å². The van der Waals surface area contributed by atoms with Crippen LogP contribution in [0.5, 0.6) is 0 Å². The minimum Gasteiger partial charge on any atom is -0.396 e.